The molecule has 0 atom stereocenters. The van der Waals surface area contributed by atoms with Gasteiger partial charge in [-0.05, 0) is 51.4 Å². The molecule has 0 rings (SSSR count). The van der Waals surface area contributed by atoms with E-state index in [1.807, 2.05) is 13.8 Å². The smallest absolute Gasteiger partial charge is 0.219 e. The maximum absolute atomic E-state index is 11.7. The second kappa shape index (κ2) is 47.8. The van der Waals surface area contributed by atoms with E-state index in [1.165, 1.54) is 148 Å². The molecule has 4 heteroatoms. The van der Waals surface area contributed by atoms with Crippen LogP contribution in [0.15, 0.2) is 24.3 Å². The third kappa shape index (κ3) is 52.0. The molecule has 0 unspecified atom stereocenters. The average Bonchev–Trinajstić information content (AvgIpc) is 3.06. The lowest BCUT2D eigenvalue weighted by Gasteiger charge is -2.05. The van der Waals surface area contributed by atoms with Crippen molar-refractivity contribution in [1.82, 2.24) is 5.32 Å². The summed E-state index contributed by atoms with van der Waals surface area (Å²) in [4.78, 5) is 22.2. The van der Waals surface area contributed by atoms with Gasteiger partial charge in [0.05, 0.1) is 0 Å². The van der Waals surface area contributed by atoms with Crippen LogP contribution in [0, 0.1) is 0 Å². The van der Waals surface area contributed by atoms with Crippen LogP contribution in [0.25, 0.3) is 0 Å². The molecule has 0 fully saturated rings. The second-order valence-corrected chi connectivity index (χ2v) is 12.9. The first-order valence-electron chi connectivity index (χ1n) is 20.4. The number of nitrogens with two attached hydrogens (primary N) is 1. The lowest BCUT2D eigenvalue weighted by atomic mass is 10.0. The van der Waals surface area contributed by atoms with Crippen LogP contribution in [0.2, 0.25) is 0 Å². The zero-order chi connectivity index (χ0) is 34.6. The molecule has 0 aromatic rings. The summed E-state index contributed by atoms with van der Waals surface area (Å²) in [7, 11) is 0. The Morgan fingerprint density at radius 2 is 0.804 bits per heavy atom. The van der Waals surface area contributed by atoms with E-state index in [1.54, 1.807) is 0 Å². The van der Waals surface area contributed by atoms with Crippen molar-refractivity contribution in [3.05, 3.63) is 24.3 Å². The Labute approximate surface area is 290 Å². The highest BCUT2D eigenvalue weighted by Gasteiger charge is 2.00. The van der Waals surface area contributed by atoms with Crippen LogP contribution in [0.3, 0.4) is 0 Å². The maximum Gasteiger partial charge on any atom is 0.219 e. The van der Waals surface area contributed by atoms with E-state index in [0.29, 0.717) is 6.42 Å². The molecule has 0 heterocycles. The number of hydrogen-bond donors (Lipinski definition) is 2. The first-order chi connectivity index (χ1) is 22.6. The van der Waals surface area contributed by atoms with E-state index in [4.69, 9.17) is 5.73 Å². The van der Waals surface area contributed by atoms with Gasteiger partial charge < -0.3 is 11.1 Å². The average molecular weight is 649 g/mol. The Hall–Kier alpha value is -1.58. The molecule has 3 N–H and O–H groups in total. The number of nitrogens with one attached hydrogen (secondary N) is 1. The Kier molecular flexibility index (Phi) is 50.7. The Morgan fingerprint density at radius 1 is 0.457 bits per heavy atom. The number of carbonyl (C=O) groups is 2. The molecule has 0 aromatic heterocycles. The molecule has 274 valence electrons. The molecule has 0 aromatic carbocycles. The second-order valence-electron chi connectivity index (χ2n) is 12.9. The Bertz CT molecular complexity index is 629. The highest BCUT2D eigenvalue weighted by molar-refractivity contribution is 5.75. The number of unbranched alkanes of at least 4 members (excludes halogenated alkanes) is 23. The van der Waals surface area contributed by atoms with Crippen LogP contribution in [-0.2, 0) is 9.59 Å². The Morgan fingerprint density at radius 3 is 1.26 bits per heavy atom. The van der Waals surface area contributed by atoms with Crippen molar-refractivity contribution in [3.8, 4) is 0 Å². The number of carbonyl (C=O) groups excluding carboxylic acids is 2. The van der Waals surface area contributed by atoms with Crippen molar-refractivity contribution in [2.45, 2.75) is 227 Å². The van der Waals surface area contributed by atoms with Crippen molar-refractivity contribution >= 4 is 11.8 Å². The summed E-state index contributed by atoms with van der Waals surface area (Å²) in [5.41, 5.74) is 5.09. The number of allylic oxidation sites excluding steroid dienone is 4. The van der Waals surface area contributed by atoms with Gasteiger partial charge in [-0.15, -0.1) is 0 Å². The largest absolute Gasteiger partial charge is 0.370 e. The molecule has 0 saturated heterocycles. The van der Waals surface area contributed by atoms with Crippen LogP contribution in [-0.4, -0.2) is 18.4 Å². The van der Waals surface area contributed by atoms with E-state index >= 15 is 0 Å². The zero-order valence-corrected chi connectivity index (χ0v) is 32.1. The predicted octanol–water partition coefficient (Wildman–Crippen LogP) is 13.5. The fourth-order valence-electron chi connectivity index (χ4n) is 5.28. The van der Waals surface area contributed by atoms with Gasteiger partial charge in [-0.1, -0.05) is 187 Å². The number of hydrogen-bond acceptors (Lipinski definition) is 2. The zero-order valence-electron chi connectivity index (χ0n) is 32.1. The first-order valence-corrected chi connectivity index (χ1v) is 20.4. The van der Waals surface area contributed by atoms with Crippen LogP contribution in [0.4, 0.5) is 0 Å². The van der Waals surface area contributed by atoms with Gasteiger partial charge in [0.15, 0.2) is 0 Å². The number of amides is 2. The van der Waals surface area contributed by atoms with E-state index in [-0.39, 0.29) is 11.8 Å². The van der Waals surface area contributed by atoms with Gasteiger partial charge in [0.1, 0.15) is 0 Å². The molecule has 46 heavy (non-hydrogen) atoms. The van der Waals surface area contributed by atoms with E-state index in [0.717, 1.165) is 45.1 Å². The molecule has 0 aliphatic rings. The van der Waals surface area contributed by atoms with Crippen molar-refractivity contribution < 1.29 is 9.59 Å². The third-order valence-electron chi connectivity index (χ3n) is 8.23. The van der Waals surface area contributed by atoms with Crippen LogP contribution >= 0.6 is 0 Å². The molecule has 0 bridgehead atoms. The summed E-state index contributed by atoms with van der Waals surface area (Å²) in [6, 6.07) is 0. The minimum Gasteiger partial charge on any atom is -0.370 e. The van der Waals surface area contributed by atoms with Gasteiger partial charge in [-0.25, -0.2) is 0 Å². The lowest BCUT2D eigenvalue weighted by Crippen LogP contribution is -2.23. The van der Waals surface area contributed by atoms with E-state index < -0.39 is 0 Å². The predicted molar refractivity (Wildman–Crippen MR) is 207 cm³/mol. The molecular weight excluding hydrogens is 564 g/mol. The van der Waals surface area contributed by atoms with E-state index in [9.17, 15) is 9.59 Å². The molecule has 0 radical (unpaired) electrons. The van der Waals surface area contributed by atoms with Crippen molar-refractivity contribution in [1.29, 1.82) is 0 Å². The van der Waals surface area contributed by atoms with Gasteiger partial charge in [-0.2, -0.15) is 0 Å². The third-order valence-corrected chi connectivity index (χ3v) is 8.23. The summed E-state index contributed by atoms with van der Waals surface area (Å²) >= 11 is 0. The molecule has 2 amide bonds. The van der Waals surface area contributed by atoms with Crippen LogP contribution in [0.1, 0.15) is 227 Å². The molecule has 0 saturated carbocycles. The summed E-state index contributed by atoms with van der Waals surface area (Å²) in [5.74, 6) is 0.0882. The van der Waals surface area contributed by atoms with Gasteiger partial charge in [-0.3, -0.25) is 9.59 Å². The fourth-order valence-corrected chi connectivity index (χ4v) is 5.28. The molecule has 0 spiro atoms. The summed E-state index contributed by atoms with van der Waals surface area (Å²) in [6.07, 6.45) is 46.3. The monoisotopic (exact) mass is 649 g/mol. The minimum atomic E-state index is -0.171. The lowest BCUT2D eigenvalue weighted by molar-refractivity contribution is -0.121. The standard InChI is InChI=1S/C22H45NO.C18H33NO.C2H6/c1-3-5-7-9-10-11-12-13-14-15-16-17-18-20-22(24)23-21-19-8-6-4-2;1-2-3-4-5-6-7-8-9-10-11-12-13-14-15-16-17-18(19)20;1-2/h3-21H2,1-2H3,(H,23,24);6-7,9-10H,2-5,8,11-17H2,1H3,(H2,19,20);1-2H3/b;7-6-,10-9-;. The van der Waals surface area contributed by atoms with Crippen molar-refractivity contribution in [2.75, 3.05) is 6.54 Å². The normalized spacial score (nSPS) is 10.9. The molecular formula is C42H84N2O2. The summed E-state index contributed by atoms with van der Waals surface area (Å²) in [6.45, 7) is 11.6. The molecule has 0 aliphatic heterocycles. The maximum atomic E-state index is 11.7. The van der Waals surface area contributed by atoms with Crippen molar-refractivity contribution in [2.24, 2.45) is 5.73 Å². The number of primary amides is 1. The van der Waals surface area contributed by atoms with E-state index in [2.05, 4.69) is 50.4 Å². The summed E-state index contributed by atoms with van der Waals surface area (Å²) in [5, 5.41) is 3.05. The van der Waals surface area contributed by atoms with Crippen molar-refractivity contribution in [3.63, 3.8) is 0 Å². The SMILES string of the molecule is CC.CCCCC/C=C\C/C=C\CCCCCCCC(N)=O.CCCCCCCCCCCCCCCC(=O)NCCCCCC. The quantitative estimate of drug-likeness (QED) is 0.0549. The molecule has 0 aliphatic carbocycles. The Balaban J connectivity index is -0.000000774. The van der Waals surface area contributed by atoms with Crippen LogP contribution < -0.4 is 11.1 Å². The highest BCUT2D eigenvalue weighted by atomic mass is 16.1. The van der Waals surface area contributed by atoms with Gasteiger partial charge in [0.2, 0.25) is 11.8 Å². The van der Waals surface area contributed by atoms with Crippen LogP contribution in [0.5, 0.6) is 0 Å². The molecule has 4 nitrogen and oxygen atoms in total. The summed E-state index contributed by atoms with van der Waals surface area (Å²) < 4.78 is 0. The van der Waals surface area contributed by atoms with Gasteiger partial charge >= 0.3 is 0 Å². The fraction of sp³-hybridized carbons (Fsp3) is 0.857. The highest BCUT2D eigenvalue weighted by Crippen LogP contribution is 2.13. The van der Waals surface area contributed by atoms with Gasteiger partial charge in [0.25, 0.3) is 0 Å². The minimum absolute atomic E-state index is 0.171. The first kappa shape index (κ1) is 48.8. The number of rotatable bonds is 33. The topological polar surface area (TPSA) is 72.2 Å². The van der Waals surface area contributed by atoms with Gasteiger partial charge in [0, 0.05) is 19.4 Å².